The summed E-state index contributed by atoms with van der Waals surface area (Å²) >= 11 is 17.3. The molecule has 1 aromatic heterocycles. The Bertz CT molecular complexity index is 623. The highest BCUT2D eigenvalue weighted by atomic mass is 35.5. The lowest BCUT2D eigenvalue weighted by atomic mass is 10.2. The van der Waals surface area contributed by atoms with Crippen LogP contribution in [0.5, 0.6) is 0 Å². The fourth-order valence-electron chi connectivity index (χ4n) is 1.46. The summed E-state index contributed by atoms with van der Waals surface area (Å²) < 4.78 is 13.3. The third-order valence-corrected chi connectivity index (χ3v) is 3.62. The van der Waals surface area contributed by atoms with Crippen LogP contribution in [0.1, 0.15) is 11.1 Å². The fourth-order valence-corrected chi connectivity index (χ4v) is 2.13. The van der Waals surface area contributed by atoms with Crippen LogP contribution >= 0.6 is 34.8 Å². The van der Waals surface area contributed by atoms with Crippen molar-refractivity contribution in [2.45, 2.75) is 13.8 Å². The van der Waals surface area contributed by atoms with Gasteiger partial charge in [-0.05, 0) is 37.1 Å². The van der Waals surface area contributed by atoms with Gasteiger partial charge in [-0.3, -0.25) is 0 Å². The van der Waals surface area contributed by atoms with Crippen molar-refractivity contribution in [3.05, 3.63) is 44.3 Å². The van der Waals surface area contributed by atoms with E-state index >= 15 is 0 Å². The minimum Gasteiger partial charge on any atom is -0.338 e. The van der Waals surface area contributed by atoms with E-state index in [1.54, 1.807) is 0 Å². The smallest absolute Gasteiger partial charge is 0.160 e. The highest BCUT2D eigenvalue weighted by molar-refractivity contribution is 6.35. The predicted molar refractivity (Wildman–Crippen MR) is 76.2 cm³/mol. The molecule has 0 spiro atoms. The fraction of sp³-hybridized carbons (Fsp3) is 0.167. The molecule has 2 rings (SSSR count). The van der Waals surface area contributed by atoms with Crippen LogP contribution in [0, 0.1) is 19.7 Å². The molecule has 0 aliphatic rings. The molecule has 0 bridgehead atoms. The van der Waals surface area contributed by atoms with Gasteiger partial charge in [0.2, 0.25) is 0 Å². The van der Waals surface area contributed by atoms with Crippen molar-refractivity contribution >= 4 is 46.3 Å². The van der Waals surface area contributed by atoms with E-state index in [-0.39, 0.29) is 10.0 Å². The van der Waals surface area contributed by atoms with Gasteiger partial charge in [-0.2, -0.15) is 0 Å². The summed E-state index contributed by atoms with van der Waals surface area (Å²) in [6.45, 7) is 3.69. The molecule has 1 heterocycles. The Hall–Kier alpha value is -1.10. The van der Waals surface area contributed by atoms with Crippen molar-refractivity contribution in [2.24, 2.45) is 0 Å². The van der Waals surface area contributed by atoms with Crippen LogP contribution in [0.2, 0.25) is 15.2 Å². The molecule has 0 radical (unpaired) electrons. The molecule has 0 unspecified atom stereocenters. The van der Waals surface area contributed by atoms with Crippen LogP contribution in [-0.4, -0.2) is 10.2 Å². The number of anilines is 2. The largest absolute Gasteiger partial charge is 0.338 e. The molecule has 0 saturated carbocycles. The molecule has 0 fully saturated rings. The highest BCUT2D eigenvalue weighted by Crippen LogP contribution is 2.30. The maximum Gasteiger partial charge on any atom is 0.160 e. The number of hydrogen-bond donors (Lipinski definition) is 1. The number of benzene rings is 1. The van der Waals surface area contributed by atoms with Gasteiger partial charge in [-0.25, -0.2) is 4.39 Å². The Morgan fingerprint density at radius 3 is 2.16 bits per heavy atom. The Morgan fingerprint density at radius 1 is 1.00 bits per heavy atom. The van der Waals surface area contributed by atoms with Crippen molar-refractivity contribution < 1.29 is 4.39 Å². The summed E-state index contributed by atoms with van der Waals surface area (Å²) in [5.41, 5.74) is 2.19. The van der Waals surface area contributed by atoms with Crippen molar-refractivity contribution in [3.63, 3.8) is 0 Å². The van der Waals surface area contributed by atoms with E-state index in [1.165, 1.54) is 12.1 Å². The molecule has 7 heteroatoms. The Morgan fingerprint density at radius 2 is 1.58 bits per heavy atom. The van der Waals surface area contributed by atoms with E-state index in [2.05, 4.69) is 15.5 Å². The molecule has 100 valence electrons. The highest BCUT2D eigenvalue weighted by Gasteiger charge is 2.11. The minimum absolute atomic E-state index is 0.0636. The summed E-state index contributed by atoms with van der Waals surface area (Å²) in [4.78, 5) is 0. The number of aromatic nitrogens is 2. The van der Waals surface area contributed by atoms with Crippen LogP contribution < -0.4 is 5.32 Å². The number of nitrogens with zero attached hydrogens (tertiary/aromatic N) is 2. The lowest BCUT2D eigenvalue weighted by Crippen LogP contribution is -2.01. The average molecular weight is 321 g/mol. The SMILES string of the molecule is Cc1c(Cl)nnc(Nc2cc(Cl)c(F)c(Cl)c2)c1C. The van der Waals surface area contributed by atoms with Gasteiger partial charge in [-0.15, -0.1) is 10.2 Å². The number of halogens is 4. The summed E-state index contributed by atoms with van der Waals surface area (Å²) in [5.74, 6) is -0.135. The molecule has 0 amide bonds. The van der Waals surface area contributed by atoms with Gasteiger partial charge in [-0.1, -0.05) is 34.8 Å². The molecule has 19 heavy (non-hydrogen) atoms. The van der Waals surface area contributed by atoms with Gasteiger partial charge in [0.25, 0.3) is 0 Å². The lowest BCUT2D eigenvalue weighted by Gasteiger charge is -2.11. The van der Waals surface area contributed by atoms with E-state index in [4.69, 9.17) is 34.8 Å². The number of rotatable bonds is 2. The van der Waals surface area contributed by atoms with Gasteiger partial charge in [0.05, 0.1) is 10.0 Å². The molecule has 0 saturated heterocycles. The van der Waals surface area contributed by atoms with Gasteiger partial charge in [0.15, 0.2) is 16.8 Å². The standard InChI is InChI=1S/C12H9Cl3FN3/c1-5-6(2)12(19-18-11(5)15)17-7-3-8(13)10(16)9(14)4-7/h3-4H,1-2H3,(H,17,19). The van der Waals surface area contributed by atoms with E-state index in [1.807, 2.05) is 13.8 Å². The summed E-state index contributed by atoms with van der Waals surface area (Å²) in [6.07, 6.45) is 0. The van der Waals surface area contributed by atoms with Crippen molar-refractivity contribution in [1.82, 2.24) is 10.2 Å². The van der Waals surface area contributed by atoms with E-state index < -0.39 is 5.82 Å². The molecule has 3 nitrogen and oxygen atoms in total. The Labute approximate surface area is 124 Å². The van der Waals surface area contributed by atoms with Crippen LogP contribution in [0.15, 0.2) is 12.1 Å². The third kappa shape index (κ3) is 2.91. The Balaban J connectivity index is 2.39. The zero-order valence-corrected chi connectivity index (χ0v) is 12.3. The molecule has 1 N–H and O–H groups in total. The normalized spacial score (nSPS) is 10.6. The first-order valence-electron chi connectivity index (χ1n) is 5.31. The second kappa shape index (κ2) is 5.49. The van der Waals surface area contributed by atoms with Crippen LogP contribution in [-0.2, 0) is 0 Å². The molecular formula is C12H9Cl3FN3. The van der Waals surface area contributed by atoms with Crippen molar-refractivity contribution in [1.29, 1.82) is 0 Å². The average Bonchev–Trinajstić information content (AvgIpc) is 2.36. The predicted octanol–water partition coefficient (Wildman–Crippen LogP) is 4.94. The number of hydrogen-bond acceptors (Lipinski definition) is 3. The Kier molecular flexibility index (Phi) is 4.13. The maximum atomic E-state index is 13.3. The molecular weight excluding hydrogens is 312 g/mol. The quantitative estimate of drug-likeness (QED) is 0.797. The van der Waals surface area contributed by atoms with Crippen LogP contribution in [0.25, 0.3) is 0 Å². The summed E-state index contributed by atoms with van der Waals surface area (Å²) in [7, 11) is 0. The van der Waals surface area contributed by atoms with Gasteiger partial charge >= 0.3 is 0 Å². The number of nitrogens with one attached hydrogen (secondary N) is 1. The topological polar surface area (TPSA) is 37.8 Å². The summed E-state index contributed by atoms with van der Waals surface area (Å²) in [6, 6.07) is 2.85. The van der Waals surface area contributed by atoms with Gasteiger partial charge < -0.3 is 5.32 Å². The van der Waals surface area contributed by atoms with E-state index in [0.717, 1.165) is 11.1 Å². The van der Waals surface area contributed by atoms with E-state index in [0.29, 0.717) is 16.7 Å². The summed E-state index contributed by atoms with van der Waals surface area (Å²) in [5, 5.41) is 11.0. The first-order chi connectivity index (χ1) is 8.90. The lowest BCUT2D eigenvalue weighted by molar-refractivity contribution is 0.629. The zero-order chi connectivity index (χ0) is 14.2. The second-order valence-electron chi connectivity index (χ2n) is 3.97. The third-order valence-electron chi connectivity index (χ3n) is 2.71. The minimum atomic E-state index is -0.649. The van der Waals surface area contributed by atoms with Gasteiger partial charge in [0.1, 0.15) is 0 Å². The maximum absolute atomic E-state index is 13.3. The molecule has 1 aromatic carbocycles. The first-order valence-corrected chi connectivity index (χ1v) is 6.44. The van der Waals surface area contributed by atoms with Crippen molar-refractivity contribution in [3.8, 4) is 0 Å². The zero-order valence-electron chi connectivity index (χ0n) is 10.1. The molecule has 0 aliphatic carbocycles. The van der Waals surface area contributed by atoms with Gasteiger partial charge in [0, 0.05) is 5.69 Å². The van der Waals surface area contributed by atoms with Crippen molar-refractivity contribution in [2.75, 3.05) is 5.32 Å². The van der Waals surface area contributed by atoms with E-state index in [9.17, 15) is 4.39 Å². The first kappa shape index (κ1) is 14.3. The van der Waals surface area contributed by atoms with Crippen LogP contribution in [0.3, 0.4) is 0 Å². The molecule has 2 aromatic rings. The molecule has 0 aliphatic heterocycles. The second-order valence-corrected chi connectivity index (χ2v) is 5.14. The monoisotopic (exact) mass is 319 g/mol. The molecule has 0 atom stereocenters. The van der Waals surface area contributed by atoms with Crippen LogP contribution in [0.4, 0.5) is 15.9 Å².